The Kier molecular flexibility index (Phi) is 4.20. The second kappa shape index (κ2) is 5.87. The van der Waals surface area contributed by atoms with Crippen LogP contribution in [0.2, 0.25) is 0 Å². The molecule has 146 valence electrons. The number of rotatable bonds is 2. The molecule has 5 nitrogen and oxygen atoms in total. The van der Waals surface area contributed by atoms with Gasteiger partial charge in [-0.2, -0.15) is 0 Å². The van der Waals surface area contributed by atoms with Gasteiger partial charge in [0.2, 0.25) is 0 Å². The highest BCUT2D eigenvalue weighted by molar-refractivity contribution is 5.80. The average Bonchev–Trinajstić information content (AvgIpc) is 2.89. The van der Waals surface area contributed by atoms with E-state index in [0.29, 0.717) is 19.3 Å². The quantitative estimate of drug-likeness (QED) is 0.518. The molecule has 0 aliphatic heterocycles. The van der Waals surface area contributed by atoms with E-state index in [1.54, 1.807) is 6.92 Å². The van der Waals surface area contributed by atoms with Gasteiger partial charge in [0.1, 0.15) is 5.78 Å². The van der Waals surface area contributed by atoms with Gasteiger partial charge in [0.15, 0.2) is 0 Å². The van der Waals surface area contributed by atoms with E-state index >= 15 is 0 Å². The van der Waals surface area contributed by atoms with Crippen LogP contribution in [0.25, 0.3) is 0 Å². The van der Waals surface area contributed by atoms with Gasteiger partial charge in [0.05, 0.1) is 17.8 Å². The first-order chi connectivity index (χ1) is 12.2. The summed E-state index contributed by atoms with van der Waals surface area (Å²) >= 11 is 0. The number of hydrogen-bond donors (Lipinski definition) is 3. The van der Waals surface area contributed by atoms with Crippen molar-refractivity contribution in [3.63, 3.8) is 0 Å². The first kappa shape index (κ1) is 18.6. The van der Waals surface area contributed by atoms with E-state index in [0.717, 1.165) is 25.7 Å². The van der Waals surface area contributed by atoms with E-state index in [4.69, 9.17) is 10.7 Å². The molecule has 26 heavy (non-hydrogen) atoms. The van der Waals surface area contributed by atoms with Gasteiger partial charge in [0, 0.05) is 11.3 Å². The lowest BCUT2D eigenvalue weighted by molar-refractivity contribution is -0.224. The fourth-order valence-electron chi connectivity index (χ4n) is 7.34. The van der Waals surface area contributed by atoms with Gasteiger partial charge >= 0.3 is 0 Å². The van der Waals surface area contributed by atoms with E-state index in [1.165, 1.54) is 5.57 Å². The van der Waals surface area contributed by atoms with Gasteiger partial charge < -0.3 is 15.1 Å². The number of ketones is 1. The third-order valence-corrected chi connectivity index (χ3v) is 9.03. The van der Waals surface area contributed by atoms with Crippen molar-refractivity contribution >= 4 is 5.78 Å². The minimum atomic E-state index is -0.974. The lowest BCUT2D eigenvalue weighted by atomic mass is 9.45. The summed E-state index contributed by atoms with van der Waals surface area (Å²) in [5.74, 6) is 5.62. The van der Waals surface area contributed by atoms with Crippen LogP contribution < -0.4 is 5.90 Å². The van der Waals surface area contributed by atoms with Crippen molar-refractivity contribution in [3.05, 3.63) is 11.6 Å². The summed E-state index contributed by atoms with van der Waals surface area (Å²) in [6, 6.07) is 0. The van der Waals surface area contributed by atoms with Gasteiger partial charge in [-0.1, -0.05) is 25.5 Å². The Bertz CT molecular complexity index is 648. The summed E-state index contributed by atoms with van der Waals surface area (Å²) in [6.07, 6.45) is 7.21. The summed E-state index contributed by atoms with van der Waals surface area (Å²) in [5.41, 5.74) is -0.359. The molecule has 4 aliphatic carbocycles. The molecule has 0 bridgehead atoms. The number of aliphatic hydroxyl groups excluding tert-OH is 1. The maximum Gasteiger partial charge on any atom is 0.133 e. The van der Waals surface area contributed by atoms with Crippen LogP contribution in [0.5, 0.6) is 0 Å². The van der Waals surface area contributed by atoms with Crippen LogP contribution in [-0.4, -0.2) is 33.8 Å². The monoisotopic (exact) mass is 363 g/mol. The highest BCUT2D eigenvalue weighted by atomic mass is 16.6. The second-order valence-corrected chi connectivity index (χ2v) is 9.76. The molecule has 3 fully saturated rings. The number of nitrogens with two attached hydrogens (primary N) is 1. The van der Waals surface area contributed by atoms with Gasteiger partial charge in [-0.3, -0.25) is 4.79 Å². The molecule has 0 amide bonds. The van der Waals surface area contributed by atoms with Crippen LogP contribution in [0.1, 0.15) is 65.7 Å². The molecule has 0 aromatic heterocycles. The lowest BCUT2D eigenvalue weighted by Gasteiger charge is -2.62. The Labute approximate surface area is 155 Å². The predicted molar refractivity (Wildman–Crippen MR) is 97.8 cm³/mol. The molecule has 0 aromatic rings. The molecule has 8 atom stereocenters. The van der Waals surface area contributed by atoms with Crippen LogP contribution in [0.3, 0.4) is 0 Å². The maximum atomic E-state index is 12.3. The summed E-state index contributed by atoms with van der Waals surface area (Å²) in [4.78, 5) is 17.4. The first-order valence-electron chi connectivity index (χ1n) is 10.1. The van der Waals surface area contributed by atoms with E-state index in [9.17, 15) is 15.0 Å². The van der Waals surface area contributed by atoms with Crippen LogP contribution in [0.4, 0.5) is 0 Å². The van der Waals surface area contributed by atoms with Crippen molar-refractivity contribution in [2.75, 3.05) is 0 Å². The molecule has 0 aromatic carbocycles. The number of hydrogen-bond acceptors (Lipinski definition) is 5. The largest absolute Gasteiger partial charge is 0.392 e. The van der Waals surface area contributed by atoms with Crippen LogP contribution in [0.15, 0.2) is 11.6 Å². The average molecular weight is 363 g/mol. The summed E-state index contributed by atoms with van der Waals surface area (Å²) in [5, 5.41) is 23.1. The smallest absolute Gasteiger partial charge is 0.133 e. The zero-order valence-corrected chi connectivity index (χ0v) is 16.2. The molecule has 4 rings (SSSR count). The minimum absolute atomic E-state index is 0.0235. The van der Waals surface area contributed by atoms with E-state index < -0.39 is 17.1 Å². The molecule has 3 saturated carbocycles. The molecule has 0 spiro atoms. The molecule has 0 saturated heterocycles. The molecule has 4 N–H and O–H groups in total. The SMILES string of the molecule is CC(=O)C1CC[C@]2(O)C3CC=C4C[C@@H](ON)CC[C@]4(C)C3C[C@@H](O)[C@]12C. The van der Waals surface area contributed by atoms with E-state index in [2.05, 4.69) is 13.0 Å². The Morgan fingerprint density at radius 1 is 1.27 bits per heavy atom. The minimum Gasteiger partial charge on any atom is -0.392 e. The van der Waals surface area contributed by atoms with E-state index in [1.807, 2.05) is 6.92 Å². The van der Waals surface area contributed by atoms with Crippen molar-refractivity contribution in [1.29, 1.82) is 0 Å². The fourth-order valence-corrected chi connectivity index (χ4v) is 7.34. The van der Waals surface area contributed by atoms with Crippen LogP contribution in [-0.2, 0) is 9.63 Å². The number of aliphatic hydroxyl groups is 2. The number of carbonyl (C=O) groups excluding carboxylic acids is 1. The predicted octanol–water partition coefficient (Wildman–Crippen LogP) is 2.50. The lowest BCUT2D eigenvalue weighted by Crippen LogP contribution is -2.66. The van der Waals surface area contributed by atoms with Gasteiger partial charge in [-0.25, -0.2) is 5.90 Å². The van der Waals surface area contributed by atoms with Gasteiger partial charge in [0.25, 0.3) is 0 Å². The highest BCUT2D eigenvalue weighted by Crippen LogP contribution is 2.67. The van der Waals surface area contributed by atoms with Crippen molar-refractivity contribution in [1.82, 2.24) is 0 Å². The number of carbonyl (C=O) groups is 1. The van der Waals surface area contributed by atoms with Crippen LogP contribution in [0, 0.1) is 28.6 Å². The van der Waals surface area contributed by atoms with Crippen molar-refractivity contribution in [2.45, 2.75) is 83.5 Å². The third-order valence-electron chi connectivity index (χ3n) is 9.03. The number of Topliss-reactive ketones (excluding diaryl/α,β-unsaturated/α-hetero) is 1. The maximum absolute atomic E-state index is 12.3. The normalized spacial score (nSPS) is 53.3. The third kappa shape index (κ3) is 2.15. The zero-order chi connectivity index (χ0) is 18.9. The van der Waals surface area contributed by atoms with E-state index in [-0.39, 0.29) is 35.1 Å². The Balaban J connectivity index is 1.74. The molecule has 4 aliphatic rings. The number of fused-ring (bicyclic) bond motifs is 5. The standard InChI is InChI=1S/C21H33NO4/c1-12(23)15-7-9-21(25)16-5-4-13-10-14(26-22)6-8-19(13,2)17(16)11-18(24)20(15,21)3/h4,14-18,24-25H,5-11,22H2,1-3H3/t14-,15?,16?,17?,18+,19-,20-,21-/m0/s1. The topological polar surface area (TPSA) is 92.8 Å². The molecule has 0 heterocycles. The van der Waals surface area contributed by atoms with Gasteiger partial charge in [-0.05, 0) is 69.1 Å². The Hall–Kier alpha value is -0.750. The molecular formula is C21H33NO4. The van der Waals surface area contributed by atoms with Crippen molar-refractivity contribution in [3.8, 4) is 0 Å². The van der Waals surface area contributed by atoms with Crippen LogP contribution >= 0.6 is 0 Å². The van der Waals surface area contributed by atoms with Crippen molar-refractivity contribution in [2.24, 2.45) is 34.5 Å². The molecule has 5 heteroatoms. The second-order valence-electron chi connectivity index (χ2n) is 9.76. The Morgan fingerprint density at radius 2 is 2.00 bits per heavy atom. The first-order valence-corrected chi connectivity index (χ1v) is 10.1. The number of allylic oxidation sites excluding steroid dienone is 1. The molecular weight excluding hydrogens is 330 g/mol. The van der Waals surface area contributed by atoms with Crippen molar-refractivity contribution < 1.29 is 19.8 Å². The highest BCUT2D eigenvalue weighted by Gasteiger charge is 2.70. The summed E-state index contributed by atoms with van der Waals surface area (Å²) in [6.45, 7) is 5.85. The fraction of sp³-hybridized carbons (Fsp3) is 0.857. The molecule has 0 radical (unpaired) electrons. The Morgan fingerprint density at radius 3 is 2.65 bits per heavy atom. The summed E-state index contributed by atoms with van der Waals surface area (Å²) < 4.78 is 0. The van der Waals surface area contributed by atoms with Gasteiger partial charge in [-0.15, -0.1) is 0 Å². The molecule has 3 unspecified atom stereocenters. The zero-order valence-electron chi connectivity index (χ0n) is 16.2. The summed E-state index contributed by atoms with van der Waals surface area (Å²) in [7, 11) is 0.